The van der Waals surface area contributed by atoms with Crippen molar-refractivity contribution in [3.8, 4) is 0 Å². The van der Waals surface area contributed by atoms with Crippen LogP contribution in [0, 0.1) is 0 Å². The van der Waals surface area contributed by atoms with Crippen molar-refractivity contribution >= 4 is 11.9 Å². The Labute approximate surface area is 555 Å². The van der Waals surface area contributed by atoms with Crippen molar-refractivity contribution in [3.63, 3.8) is 0 Å². The second-order valence-electron chi connectivity index (χ2n) is 27.4. The zero-order valence-corrected chi connectivity index (χ0v) is 59.1. The largest absolute Gasteiger partial charge is 0.466 e. The maximum Gasteiger partial charge on any atom is 0.305 e. The Hall–Kier alpha value is -2.12. The fourth-order valence-electron chi connectivity index (χ4n) is 12.6. The Morgan fingerprint density at radius 3 is 1.12 bits per heavy atom. The number of hydrogen-bond donors (Lipinski definition) is 6. The first-order valence-electron chi connectivity index (χ1n) is 39.3. The Kier molecular flexibility index (Phi) is 65.2. The van der Waals surface area contributed by atoms with Gasteiger partial charge in [-0.3, -0.25) is 9.59 Å². The van der Waals surface area contributed by atoms with Gasteiger partial charge in [0, 0.05) is 12.8 Å². The molecule has 0 aromatic rings. The highest BCUT2D eigenvalue weighted by Crippen LogP contribution is 2.24. The van der Waals surface area contributed by atoms with Crippen LogP contribution in [0.25, 0.3) is 0 Å². The van der Waals surface area contributed by atoms with E-state index in [0.717, 1.165) is 57.8 Å². The third-order valence-corrected chi connectivity index (χ3v) is 18.7. The van der Waals surface area contributed by atoms with Crippen molar-refractivity contribution in [2.75, 3.05) is 19.8 Å². The third-order valence-electron chi connectivity index (χ3n) is 18.7. The lowest BCUT2D eigenvalue weighted by molar-refractivity contribution is -0.302. The number of ether oxygens (including phenoxy) is 3. The lowest BCUT2D eigenvalue weighted by Crippen LogP contribution is -2.60. The van der Waals surface area contributed by atoms with E-state index in [0.29, 0.717) is 19.4 Å². The molecule has 1 aliphatic rings. The number of unbranched alkanes of at least 4 members (excludes halogenated alkanes) is 52. The first-order valence-corrected chi connectivity index (χ1v) is 39.3. The van der Waals surface area contributed by atoms with E-state index in [1.807, 2.05) is 6.08 Å². The number of rotatable bonds is 70. The fourth-order valence-corrected chi connectivity index (χ4v) is 12.6. The lowest BCUT2D eigenvalue weighted by Gasteiger charge is -2.40. The summed E-state index contributed by atoms with van der Waals surface area (Å²) < 4.78 is 16.7. The molecule has 6 N–H and O–H groups in total. The highest BCUT2D eigenvalue weighted by atomic mass is 16.7. The SMILES string of the molecule is CCCCCCCCCCC/C=C/C(O)C(COC1OC(CO)C(O)C(O)C1O)NC(=O)CCCCCCCCCCCCCCCCCCC/C=C\C/C=C\CCCCCCCCCCCCCCCCCOC(=O)CCCCCCCCCCCCCC. The van der Waals surface area contributed by atoms with Gasteiger partial charge in [-0.05, 0) is 64.2 Å². The van der Waals surface area contributed by atoms with Gasteiger partial charge in [0.05, 0.1) is 32.0 Å². The Morgan fingerprint density at radius 1 is 0.411 bits per heavy atom. The number of aliphatic hydroxyl groups excluding tert-OH is 5. The predicted octanol–water partition coefficient (Wildman–Crippen LogP) is 20.9. The summed E-state index contributed by atoms with van der Waals surface area (Å²) in [7, 11) is 0. The normalized spacial score (nSPS) is 17.8. The van der Waals surface area contributed by atoms with E-state index in [1.54, 1.807) is 6.08 Å². The molecule has 90 heavy (non-hydrogen) atoms. The minimum Gasteiger partial charge on any atom is -0.466 e. The number of carbonyl (C=O) groups excluding carboxylic acids is 2. The third kappa shape index (κ3) is 56.2. The van der Waals surface area contributed by atoms with Gasteiger partial charge < -0.3 is 45.1 Å². The summed E-state index contributed by atoms with van der Waals surface area (Å²) in [4.78, 5) is 25.1. The molecule has 11 nitrogen and oxygen atoms in total. The molecule has 7 unspecified atom stereocenters. The summed E-state index contributed by atoms with van der Waals surface area (Å²) in [6.45, 7) is 4.38. The van der Waals surface area contributed by atoms with Crippen molar-refractivity contribution < 1.29 is 49.3 Å². The van der Waals surface area contributed by atoms with Gasteiger partial charge in [0.25, 0.3) is 0 Å². The first kappa shape index (κ1) is 85.9. The molecule has 1 fully saturated rings. The summed E-state index contributed by atoms with van der Waals surface area (Å²) in [5, 5.41) is 54.5. The summed E-state index contributed by atoms with van der Waals surface area (Å²) in [5.41, 5.74) is 0. The standard InChI is InChI=1S/C79H149NO10/c1-3-5-7-9-11-13-15-47-51-55-59-63-67-75(84)88-68-64-60-56-52-48-44-42-40-38-36-34-32-30-28-26-24-22-20-18-16-17-19-21-23-25-27-29-31-33-35-37-39-41-43-46-50-54-58-62-66-74(83)80-71(70-89-79-78(87)77(86)76(85)73(69-81)90-79)72(82)65-61-57-53-49-45-14-12-10-8-6-4-2/h16-17,20,22,61,65,71-73,76-79,81-82,85-87H,3-15,18-19,21,23-60,62-64,66-70H2,1-2H3,(H,80,83)/b17-16-,22-20-,65-61+. The number of allylic oxidation sites excluding steroid dienone is 5. The highest BCUT2D eigenvalue weighted by Gasteiger charge is 2.44. The quantitative estimate of drug-likeness (QED) is 0.0195. The molecule has 1 aliphatic heterocycles. The van der Waals surface area contributed by atoms with Gasteiger partial charge in [0.1, 0.15) is 24.4 Å². The summed E-state index contributed by atoms with van der Waals surface area (Å²) in [6, 6.07) is -0.807. The van der Waals surface area contributed by atoms with Crippen molar-refractivity contribution in [1.29, 1.82) is 0 Å². The monoisotopic (exact) mass is 1270 g/mol. The van der Waals surface area contributed by atoms with Gasteiger partial charge in [-0.25, -0.2) is 0 Å². The first-order chi connectivity index (χ1) is 44.2. The van der Waals surface area contributed by atoms with Crippen LogP contribution in [0.5, 0.6) is 0 Å². The number of hydrogen-bond acceptors (Lipinski definition) is 10. The Balaban J connectivity index is 1.89. The molecule has 0 saturated carbocycles. The smallest absolute Gasteiger partial charge is 0.305 e. The number of nitrogens with one attached hydrogen (secondary N) is 1. The van der Waals surface area contributed by atoms with E-state index in [4.69, 9.17) is 14.2 Å². The zero-order chi connectivity index (χ0) is 65.1. The lowest BCUT2D eigenvalue weighted by atomic mass is 9.99. The molecule has 0 radical (unpaired) electrons. The van der Waals surface area contributed by atoms with Crippen molar-refractivity contribution in [2.24, 2.45) is 0 Å². The predicted molar refractivity (Wildman–Crippen MR) is 380 cm³/mol. The van der Waals surface area contributed by atoms with E-state index >= 15 is 0 Å². The van der Waals surface area contributed by atoms with Crippen LogP contribution in [0.3, 0.4) is 0 Å². The second-order valence-corrected chi connectivity index (χ2v) is 27.4. The molecule has 0 aromatic heterocycles. The van der Waals surface area contributed by atoms with Crippen LogP contribution in [-0.4, -0.2) is 100 Å². The Morgan fingerprint density at radius 2 is 0.744 bits per heavy atom. The molecule has 0 bridgehead atoms. The van der Waals surface area contributed by atoms with Gasteiger partial charge in [-0.1, -0.05) is 352 Å². The van der Waals surface area contributed by atoms with Crippen LogP contribution < -0.4 is 5.32 Å². The van der Waals surface area contributed by atoms with E-state index in [1.165, 1.54) is 308 Å². The molecule has 0 spiro atoms. The molecular weight excluding hydrogens is 1120 g/mol. The maximum atomic E-state index is 13.1. The highest BCUT2D eigenvalue weighted by molar-refractivity contribution is 5.76. The van der Waals surface area contributed by atoms with Gasteiger partial charge in [0.15, 0.2) is 6.29 Å². The van der Waals surface area contributed by atoms with E-state index < -0.39 is 49.5 Å². The van der Waals surface area contributed by atoms with Gasteiger partial charge in [-0.2, -0.15) is 0 Å². The van der Waals surface area contributed by atoms with Crippen LogP contribution in [-0.2, 0) is 23.8 Å². The minimum absolute atomic E-state index is 0.0158. The van der Waals surface area contributed by atoms with Crippen LogP contribution in [0.15, 0.2) is 36.5 Å². The van der Waals surface area contributed by atoms with Gasteiger partial charge >= 0.3 is 5.97 Å². The molecule has 1 heterocycles. The van der Waals surface area contributed by atoms with Crippen molar-refractivity contribution in [2.45, 2.75) is 436 Å². The van der Waals surface area contributed by atoms with E-state index in [2.05, 4.69) is 43.5 Å². The minimum atomic E-state index is -1.57. The van der Waals surface area contributed by atoms with Gasteiger partial charge in [0.2, 0.25) is 5.91 Å². The molecule has 1 amide bonds. The van der Waals surface area contributed by atoms with E-state index in [9.17, 15) is 35.1 Å². The molecule has 0 aliphatic carbocycles. The summed E-state index contributed by atoms with van der Waals surface area (Å²) in [6.07, 6.45) is 78.9. The number of aliphatic hydroxyl groups is 5. The average molecular weight is 1270 g/mol. The number of amides is 1. The summed E-state index contributed by atoms with van der Waals surface area (Å²) in [5.74, 6) is -0.162. The molecule has 1 saturated heterocycles. The molecule has 11 heteroatoms. The van der Waals surface area contributed by atoms with Crippen molar-refractivity contribution in [3.05, 3.63) is 36.5 Å². The van der Waals surface area contributed by atoms with Crippen LogP contribution in [0.2, 0.25) is 0 Å². The molecular formula is C79H149NO10. The molecule has 530 valence electrons. The fraction of sp³-hybridized carbons (Fsp3) is 0.899. The Bertz CT molecular complexity index is 1590. The van der Waals surface area contributed by atoms with Gasteiger partial charge in [-0.15, -0.1) is 0 Å². The molecule has 7 atom stereocenters. The van der Waals surface area contributed by atoms with E-state index in [-0.39, 0.29) is 18.5 Å². The molecule has 0 aromatic carbocycles. The second kappa shape index (κ2) is 68.3. The zero-order valence-electron chi connectivity index (χ0n) is 59.1. The van der Waals surface area contributed by atoms with Crippen LogP contribution in [0.1, 0.15) is 393 Å². The number of esters is 1. The number of carbonyl (C=O) groups is 2. The summed E-state index contributed by atoms with van der Waals surface area (Å²) >= 11 is 0. The topological polar surface area (TPSA) is 175 Å². The maximum absolute atomic E-state index is 13.1. The van der Waals surface area contributed by atoms with Crippen LogP contribution >= 0.6 is 0 Å². The average Bonchev–Trinajstić information content (AvgIpc) is 3.37. The van der Waals surface area contributed by atoms with Crippen LogP contribution in [0.4, 0.5) is 0 Å². The molecule has 1 rings (SSSR count). The van der Waals surface area contributed by atoms with Crippen molar-refractivity contribution in [1.82, 2.24) is 5.32 Å².